The van der Waals surface area contributed by atoms with Gasteiger partial charge in [-0.15, -0.1) is 11.8 Å². The van der Waals surface area contributed by atoms with E-state index in [1.165, 1.54) is 5.56 Å². The van der Waals surface area contributed by atoms with E-state index in [1.807, 2.05) is 36.4 Å². The number of para-hydroxylation sites is 1. The van der Waals surface area contributed by atoms with E-state index in [1.54, 1.807) is 26.0 Å². The fraction of sp³-hybridized carbons (Fsp3) is 0.286. The number of pyridine rings is 1. The molecule has 0 aliphatic rings. The lowest BCUT2D eigenvalue weighted by Gasteiger charge is -2.10. The Hall–Kier alpha value is -2.40. The van der Waals surface area contributed by atoms with Crippen LogP contribution in [-0.2, 0) is 0 Å². The lowest BCUT2D eigenvalue weighted by molar-refractivity contribution is 0.318. The number of rotatable bonds is 8. The second kappa shape index (κ2) is 8.81. The topological polar surface area (TPSA) is 40.6 Å². The zero-order valence-corrected chi connectivity index (χ0v) is 16.1. The zero-order chi connectivity index (χ0) is 18.4. The molecule has 1 aromatic heterocycles. The number of methoxy groups -OCH3 is 2. The number of aryl methyl sites for hydroxylation is 1. The minimum atomic E-state index is 0.676. The van der Waals surface area contributed by atoms with Crippen molar-refractivity contribution in [2.45, 2.75) is 18.4 Å². The van der Waals surface area contributed by atoms with E-state index >= 15 is 0 Å². The van der Waals surface area contributed by atoms with Gasteiger partial charge in [0.1, 0.15) is 22.8 Å². The SMILES string of the molecule is COc1ccc(OCCCSc2cc(C)c3cccc(OC)c3n2)cc1. The van der Waals surface area contributed by atoms with Crippen LogP contribution in [0.1, 0.15) is 12.0 Å². The summed E-state index contributed by atoms with van der Waals surface area (Å²) >= 11 is 1.74. The summed E-state index contributed by atoms with van der Waals surface area (Å²) in [5.41, 5.74) is 2.14. The molecule has 0 fully saturated rings. The second-order valence-corrected chi connectivity index (χ2v) is 6.98. The fourth-order valence-corrected chi connectivity index (χ4v) is 3.58. The van der Waals surface area contributed by atoms with Crippen molar-refractivity contribution in [1.29, 1.82) is 0 Å². The van der Waals surface area contributed by atoms with Crippen LogP contribution in [-0.4, -0.2) is 31.6 Å². The van der Waals surface area contributed by atoms with Gasteiger partial charge in [0, 0.05) is 11.1 Å². The molecule has 4 nitrogen and oxygen atoms in total. The number of fused-ring (bicyclic) bond motifs is 1. The molecule has 2 aromatic carbocycles. The van der Waals surface area contributed by atoms with Gasteiger partial charge in [0.25, 0.3) is 0 Å². The number of thioether (sulfide) groups is 1. The van der Waals surface area contributed by atoms with Crippen LogP contribution < -0.4 is 14.2 Å². The summed E-state index contributed by atoms with van der Waals surface area (Å²) in [7, 11) is 3.34. The van der Waals surface area contributed by atoms with Gasteiger partial charge in [-0.05, 0) is 55.3 Å². The number of aromatic nitrogens is 1. The fourth-order valence-electron chi connectivity index (χ4n) is 2.70. The summed E-state index contributed by atoms with van der Waals surface area (Å²) in [6.45, 7) is 2.79. The normalized spacial score (nSPS) is 10.7. The predicted molar refractivity (Wildman–Crippen MR) is 107 cm³/mol. The standard InChI is InChI=1S/C21H23NO3S/c1-15-14-20(22-21-18(15)6-4-7-19(21)24-3)26-13-5-12-25-17-10-8-16(23-2)9-11-17/h4,6-11,14H,5,12-13H2,1-3H3. The Balaban J connectivity index is 1.54. The lowest BCUT2D eigenvalue weighted by atomic mass is 10.1. The van der Waals surface area contributed by atoms with Crippen LogP contribution >= 0.6 is 11.8 Å². The molecule has 0 bridgehead atoms. The average molecular weight is 369 g/mol. The van der Waals surface area contributed by atoms with Gasteiger partial charge in [0.2, 0.25) is 0 Å². The molecule has 26 heavy (non-hydrogen) atoms. The Kier molecular flexibility index (Phi) is 6.23. The van der Waals surface area contributed by atoms with Crippen molar-refractivity contribution in [3.05, 3.63) is 54.1 Å². The number of benzene rings is 2. The first kappa shape index (κ1) is 18.4. The van der Waals surface area contributed by atoms with Crippen LogP contribution in [0.2, 0.25) is 0 Å². The van der Waals surface area contributed by atoms with Gasteiger partial charge < -0.3 is 14.2 Å². The zero-order valence-electron chi connectivity index (χ0n) is 15.3. The monoisotopic (exact) mass is 369 g/mol. The van der Waals surface area contributed by atoms with Crippen molar-refractivity contribution < 1.29 is 14.2 Å². The summed E-state index contributed by atoms with van der Waals surface area (Å²) in [6, 6.07) is 15.8. The average Bonchev–Trinajstić information content (AvgIpc) is 2.68. The Morgan fingerprint density at radius 2 is 1.73 bits per heavy atom. The van der Waals surface area contributed by atoms with Gasteiger partial charge in [0.15, 0.2) is 0 Å². The van der Waals surface area contributed by atoms with Gasteiger partial charge in [-0.3, -0.25) is 0 Å². The highest BCUT2D eigenvalue weighted by atomic mass is 32.2. The predicted octanol–water partition coefficient (Wildman–Crippen LogP) is 5.12. The van der Waals surface area contributed by atoms with E-state index in [4.69, 9.17) is 19.2 Å². The summed E-state index contributed by atoms with van der Waals surface area (Å²) in [5, 5.41) is 2.15. The van der Waals surface area contributed by atoms with E-state index in [0.29, 0.717) is 6.61 Å². The number of ether oxygens (including phenoxy) is 3. The maximum Gasteiger partial charge on any atom is 0.145 e. The molecular weight excluding hydrogens is 346 g/mol. The van der Waals surface area contributed by atoms with E-state index in [2.05, 4.69) is 19.1 Å². The van der Waals surface area contributed by atoms with E-state index in [9.17, 15) is 0 Å². The van der Waals surface area contributed by atoms with Crippen LogP contribution in [0.15, 0.2) is 53.6 Å². The van der Waals surface area contributed by atoms with Gasteiger partial charge in [-0.2, -0.15) is 0 Å². The highest BCUT2D eigenvalue weighted by Gasteiger charge is 2.08. The second-order valence-electron chi connectivity index (χ2n) is 5.86. The molecule has 0 radical (unpaired) electrons. The summed E-state index contributed by atoms with van der Waals surface area (Å²) in [4.78, 5) is 4.76. The Labute approximate surface area is 158 Å². The van der Waals surface area contributed by atoms with E-state index < -0.39 is 0 Å². The first-order chi connectivity index (χ1) is 12.7. The van der Waals surface area contributed by atoms with E-state index in [0.717, 1.165) is 45.4 Å². The third-order valence-electron chi connectivity index (χ3n) is 4.07. The minimum Gasteiger partial charge on any atom is -0.497 e. The maximum atomic E-state index is 5.76. The molecule has 0 atom stereocenters. The molecule has 0 unspecified atom stereocenters. The summed E-state index contributed by atoms with van der Waals surface area (Å²) < 4.78 is 16.4. The number of nitrogens with zero attached hydrogens (tertiary/aromatic N) is 1. The van der Waals surface area contributed by atoms with Crippen LogP contribution in [0.25, 0.3) is 10.9 Å². The van der Waals surface area contributed by atoms with Crippen molar-refractivity contribution in [3.63, 3.8) is 0 Å². The quantitative estimate of drug-likeness (QED) is 0.407. The van der Waals surface area contributed by atoms with Gasteiger partial charge >= 0.3 is 0 Å². The molecule has 3 aromatic rings. The molecule has 0 saturated heterocycles. The molecule has 136 valence electrons. The van der Waals surface area contributed by atoms with Crippen molar-refractivity contribution in [2.24, 2.45) is 0 Å². The van der Waals surface area contributed by atoms with Gasteiger partial charge in [-0.25, -0.2) is 4.98 Å². The van der Waals surface area contributed by atoms with Crippen LogP contribution in [0, 0.1) is 6.92 Å². The van der Waals surface area contributed by atoms with Crippen molar-refractivity contribution in [1.82, 2.24) is 4.98 Å². The molecule has 5 heteroatoms. The smallest absolute Gasteiger partial charge is 0.145 e. The van der Waals surface area contributed by atoms with Gasteiger partial charge in [0.05, 0.1) is 25.9 Å². The van der Waals surface area contributed by atoms with Crippen molar-refractivity contribution in [2.75, 3.05) is 26.6 Å². The Morgan fingerprint density at radius 1 is 0.962 bits per heavy atom. The summed E-state index contributed by atoms with van der Waals surface area (Å²) in [6.07, 6.45) is 0.946. The molecule has 0 aliphatic heterocycles. The third kappa shape index (κ3) is 4.41. The Bertz CT molecular complexity index is 865. The van der Waals surface area contributed by atoms with E-state index in [-0.39, 0.29) is 0 Å². The molecule has 1 heterocycles. The molecule has 0 N–H and O–H groups in total. The first-order valence-electron chi connectivity index (χ1n) is 8.55. The molecule has 0 saturated carbocycles. The molecule has 3 rings (SSSR count). The van der Waals surface area contributed by atoms with Gasteiger partial charge in [-0.1, -0.05) is 12.1 Å². The highest BCUT2D eigenvalue weighted by molar-refractivity contribution is 7.99. The lowest BCUT2D eigenvalue weighted by Crippen LogP contribution is -1.99. The molecule has 0 spiro atoms. The van der Waals surface area contributed by atoms with Crippen molar-refractivity contribution >= 4 is 22.7 Å². The van der Waals surface area contributed by atoms with Crippen molar-refractivity contribution in [3.8, 4) is 17.2 Å². The number of hydrogen-bond donors (Lipinski definition) is 0. The molecule has 0 amide bonds. The minimum absolute atomic E-state index is 0.676. The highest BCUT2D eigenvalue weighted by Crippen LogP contribution is 2.29. The maximum absolute atomic E-state index is 5.76. The first-order valence-corrected chi connectivity index (χ1v) is 9.54. The number of hydrogen-bond acceptors (Lipinski definition) is 5. The molecular formula is C21H23NO3S. The van der Waals surface area contributed by atoms with Crippen LogP contribution in [0.3, 0.4) is 0 Å². The van der Waals surface area contributed by atoms with Crippen LogP contribution in [0.5, 0.6) is 17.2 Å². The molecule has 0 aliphatic carbocycles. The Morgan fingerprint density at radius 3 is 2.46 bits per heavy atom. The largest absolute Gasteiger partial charge is 0.497 e. The van der Waals surface area contributed by atoms with Crippen LogP contribution in [0.4, 0.5) is 0 Å². The third-order valence-corrected chi connectivity index (χ3v) is 5.07. The summed E-state index contributed by atoms with van der Waals surface area (Å²) in [5.74, 6) is 3.46.